The lowest BCUT2D eigenvalue weighted by Crippen LogP contribution is -2.56. The van der Waals surface area contributed by atoms with Gasteiger partial charge in [-0.1, -0.05) is 51.0 Å². The number of hydrogen-bond donors (Lipinski definition) is 3. The molecule has 1 aromatic carbocycles. The van der Waals surface area contributed by atoms with Crippen molar-refractivity contribution in [3.63, 3.8) is 0 Å². The number of aryl methyl sites for hydroxylation is 2. The second-order valence-electron chi connectivity index (χ2n) is 12.7. The summed E-state index contributed by atoms with van der Waals surface area (Å²) < 4.78 is 5.44. The van der Waals surface area contributed by atoms with E-state index < -0.39 is 35.6 Å². The van der Waals surface area contributed by atoms with Crippen LogP contribution in [0.5, 0.6) is 0 Å². The summed E-state index contributed by atoms with van der Waals surface area (Å²) in [6, 6.07) is 3.37. The third-order valence-electron chi connectivity index (χ3n) is 6.93. The minimum atomic E-state index is -1.12. The molecule has 0 aromatic heterocycles. The van der Waals surface area contributed by atoms with Crippen LogP contribution in [0.2, 0.25) is 0 Å². The maximum atomic E-state index is 14.5. The lowest BCUT2D eigenvalue weighted by atomic mass is 9.93. The van der Waals surface area contributed by atoms with E-state index in [0.717, 1.165) is 36.0 Å². The van der Waals surface area contributed by atoms with E-state index in [1.807, 2.05) is 45.9 Å². The van der Waals surface area contributed by atoms with E-state index in [4.69, 9.17) is 10.5 Å². The summed E-state index contributed by atoms with van der Waals surface area (Å²) >= 11 is 0. The summed E-state index contributed by atoms with van der Waals surface area (Å²) in [5, 5.41) is 5.79. The molecule has 4 atom stereocenters. The van der Waals surface area contributed by atoms with E-state index in [9.17, 15) is 19.2 Å². The van der Waals surface area contributed by atoms with Crippen LogP contribution in [0.25, 0.3) is 0 Å². The third kappa shape index (κ3) is 12.5. The largest absolute Gasteiger partial charge is 0.444 e. The zero-order valence-electron chi connectivity index (χ0n) is 26.9. The Labute approximate surface area is 247 Å². The van der Waals surface area contributed by atoms with E-state index in [2.05, 4.69) is 31.4 Å². The lowest BCUT2D eigenvalue weighted by Gasteiger charge is -2.39. The SMILES string of the molecule is CCCC(C)NC(=O)C(c1cc(C)ccc1C)N(C(=O)C(CCC(N)=O)NC(=O)OC(C)(C)C)C(C)CCC(C)C. The Balaban J connectivity index is 3.74. The number of carbonyl (C=O) groups is 4. The molecule has 0 spiro atoms. The number of primary amides is 1. The van der Waals surface area contributed by atoms with Gasteiger partial charge in [0, 0.05) is 18.5 Å². The molecule has 0 fully saturated rings. The third-order valence-corrected chi connectivity index (χ3v) is 6.93. The van der Waals surface area contributed by atoms with E-state index in [0.29, 0.717) is 12.3 Å². The van der Waals surface area contributed by atoms with Crippen molar-refractivity contribution in [3.05, 3.63) is 34.9 Å². The number of alkyl carbamates (subject to hydrolysis) is 1. The van der Waals surface area contributed by atoms with Crippen molar-refractivity contribution in [3.8, 4) is 0 Å². The van der Waals surface area contributed by atoms with Crippen LogP contribution in [0.3, 0.4) is 0 Å². The van der Waals surface area contributed by atoms with Gasteiger partial charge >= 0.3 is 6.09 Å². The first-order valence-corrected chi connectivity index (χ1v) is 14.9. The maximum absolute atomic E-state index is 14.5. The second-order valence-corrected chi connectivity index (χ2v) is 12.7. The maximum Gasteiger partial charge on any atom is 0.408 e. The molecule has 0 aliphatic carbocycles. The van der Waals surface area contributed by atoms with E-state index in [1.54, 1.807) is 25.7 Å². The smallest absolute Gasteiger partial charge is 0.408 e. The molecule has 4 N–H and O–H groups in total. The van der Waals surface area contributed by atoms with Crippen molar-refractivity contribution in [2.24, 2.45) is 11.7 Å². The fraction of sp³-hybridized carbons (Fsp3) is 0.688. The lowest BCUT2D eigenvalue weighted by molar-refractivity contribution is -0.145. The fourth-order valence-corrected chi connectivity index (χ4v) is 4.79. The van der Waals surface area contributed by atoms with Gasteiger partial charge in [-0.15, -0.1) is 0 Å². The Bertz CT molecular complexity index is 1030. The highest BCUT2D eigenvalue weighted by Gasteiger charge is 2.39. The fourth-order valence-electron chi connectivity index (χ4n) is 4.79. The average molecular weight is 575 g/mol. The predicted octanol–water partition coefficient (Wildman–Crippen LogP) is 5.46. The number of nitrogens with two attached hydrogens (primary N) is 1. The summed E-state index contributed by atoms with van der Waals surface area (Å²) in [7, 11) is 0. The van der Waals surface area contributed by atoms with Gasteiger partial charge < -0.3 is 26.0 Å². The summed E-state index contributed by atoms with van der Waals surface area (Å²) in [6.45, 7) is 19.2. The van der Waals surface area contributed by atoms with Gasteiger partial charge in [-0.2, -0.15) is 0 Å². The molecule has 41 heavy (non-hydrogen) atoms. The van der Waals surface area contributed by atoms with Crippen LogP contribution in [-0.2, 0) is 19.1 Å². The van der Waals surface area contributed by atoms with Crippen LogP contribution in [0, 0.1) is 19.8 Å². The Morgan fingerprint density at radius 3 is 2.12 bits per heavy atom. The molecular formula is C32H54N4O5. The Hall–Kier alpha value is -3.10. The molecule has 9 nitrogen and oxygen atoms in total. The van der Waals surface area contributed by atoms with Crippen LogP contribution in [0.1, 0.15) is 117 Å². The molecular weight excluding hydrogens is 520 g/mol. The van der Waals surface area contributed by atoms with Crippen molar-refractivity contribution < 1.29 is 23.9 Å². The van der Waals surface area contributed by atoms with E-state index in [-0.39, 0.29) is 30.8 Å². The van der Waals surface area contributed by atoms with Gasteiger partial charge in [0.2, 0.25) is 17.7 Å². The molecule has 0 saturated carbocycles. The molecule has 1 rings (SSSR count). The van der Waals surface area contributed by atoms with Gasteiger partial charge in [0.05, 0.1) is 0 Å². The minimum Gasteiger partial charge on any atom is -0.444 e. The first kappa shape index (κ1) is 35.9. The topological polar surface area (TPSA) is 131 Å². The number of nitrogens with one attached hydrogen (secondary N) is 2. The molecule has 9 heteroatoms. The highest BCUT2D eigenvalue weighted by atomic mass is 16.6. The normalized spacial score (nSPS) is 14.5. The minimum absolute atomic E-state index is 0.0197. The molecule has 0 aliphatic rings. The van der Waals surface area contributed by atoms with Crippen LogP contribution in [0.15, 0.2) is 18.2 Å². The molecule has 1 aromatic rings. The summed E-state index contributed by atoms with van der Waals surface area (Å²) in [6.07, 6.45) is 2.27. The molecule has 4 amide bonds. The number of rotatable bonds is 15. The van der Waals surface area contributed by atoms with Crippen molar-refractivity contribution in [1.82, 2.24) is 15.5 Å². The van der Waals surface area contributed by atoms with Crippen LogP contribution in [-0.4, -0.2) is 52.4 Å². The first-order chi connectivity index (χ1) is 19.0. The molecule has 232 valence electrons. The first-order valence-electron chi connectivity index (χ1n) is 14.9. The van der Waals surface area contributed by atoms with Crippen LogP contribution in [0.4, 0.5) is 4.79 Å². The van der Waals surface area contributed by atoms with Crippen molar-refractivity contribution in [1.29, 1.82) is 0 Å². The molecule has 0 aliphatic heterocycles. The number of hydrogen-bond acceptors (Lipinski definition) is 5. The van der Waals surface area contributed by atoms with E-state index in [1.165, 1.54) is 0 Å². The predicted molar refractivity (Wildman–Crippen MR) is 163 cm³/mol. The van der Waals surface area contributed by atoms with Crippen molar-refractivity contribution in [2.45, 2.75) is 138 Å². The molecule has 0 bridgehead atoms. The molecule has 0 heterocycles. The zero-order valence-corrected chi connectivity index (χ0v) is 26.9. The number of nitrogens with zero attached hydrogens (tertiary/aromatic N) is 1. The number of carbonyl (C=O) groups excluding carboxylic acids is 4. The highest BCUT2D eigenvalue weighted by molar-refractivity contribution is 5.93. The quantitative estimate of drug-likeness (QED) is 0.256. The van der Waals surface area contributed by atoms with E-state index >= 15 is 0 Å². The van der Waals surface area contributed by atoms with Gasteiger partial charge in [-0.25, -0.2) is 4.79 Å². The molecule has 0 saturated heterocycles. The highest BCUT2D eigenvalue weighted by Crippen LogP contribution is 2.31. The van der Waals surface area contributed by atoms with Gasteiger partial charge in [0.15, 0.2) is 0 Å². The Kier molecular flexibility index (Phi) is 14.3. The average Bonchev–Trinajstić information content (AvgIpc) is 2.83. The molecule has 0 radical (unpaired) electrons. The van der Waals surface area contributed by atoms with Crippen LogP contribution < -0.4 is 16.4 Å². The summed E-state index contributed by atoms with van der Waals surface area (Å²) in [4.78, 5) is 54.7. The zero-order chi connectivity index (χ0) is 31.5. The number of benzene rings is 1. The Morgan fingerprint density at radius 2 is 1.59 bits per heavy atom. The Morgan fingerprint density at radius 1 is 0.951 bits per heavy atom. The van der Waals surface area contributed by atoms with Gasteiger partial charge in [-0.3, -0.25) is 14.4 Å². The van der Waals surface area contributed by atoms with Gasteiger partial charge in [0.1, 0.15) is 17.7 Å². The van der Waals surface area contributed by atoms with Crippen LogP contribution >= 0.6 is 0 Å². The number of amides is 4. The van der Waals surface area contributed by atoms with Gasteiger partial charge in [-0.05, 0) is 91.2 Å². The monoisotopic (exact) mass is 574 g/mol. The summed E-state index contributed by atoms with van der Waals surface area (Å²) in [5.74, 6) is -0.948. The summed E-state index contributed by atoms with van der Waals surface area (Å²) in [5.41, 5.74) is 7.21. The second kappa shape index (κ2) is 16.4. The van der Waals surface area contributed by atoms with Crippen molar-refractivity contribution >= 4 is 23.8 Å². The van der Waals surface area contributed by atoms with Crippen molar-refractivity contribution in [2.75, 3.05) is 0 Å². The van der Waals surface area contributed by atoms with Gasteiger partial charge in [0.25, 0.3) is 0 Å². The standard InChI is InChI=1S/C32H54N4O5/c1-11-12-23(6)34-29(38)28(25-19-21(4)14-15-22(25)5)36(24(7)16-13-20(2)3)30(39)26(17-18-27(33)37)35-31(40)41-32(8,9)10/h14-15,19-20,23-24,26,28H,11-13,16-18H2,1-10H3,(H2,33,37)(H,34,38)(H,35,40). The molecule has 4 unspecified atom stereocenters. The number of ether oxygens (including phenoxy) is 1.